The lowest BCUT2D eigenvalue weighted by Crippen LogP contribution is -2.13. The second-order valence-electron chi connectivity index (χ2n) is 5.03. The molecule has 0 unspecified atom stereocenters. The molecule has 0 radical (unpaired) electrons. The number of halogens is 2. The van der Waals surface area contributed by atoms with Gasteiger partial charge in [0.15, 0.2) is 11.5 Å². The molecular weight excluding hydrogens is 441 g/mol. The van der Waals surface area contributed by atoms with Crippen molar-refractivity contribution in [2.45, 2.75) is 20.3 Å². The van der Waals surface area contributed by atoms with Crippen LogP contribution in [0.1, 0.15) is 30.6 Å². The van der Waals surface area contributed by atoms with Crippen LogP contribution in [0.15, 0.2) is 36.4 Å². The summed E-state index contributed by atoms with van der Waals surface area (Å²) in [4.78, 5) is 12.5. The third-order valence-electron chi connectivity index (χ3n) is 3.12. The molecular formula is C18H19ClINO3. The highest BCUT2D eigenvalue weighted by molar-refractivity contribution is 14.1. The zero-order valence-corrected chi connectivity index (χ0v) is 16.5. The Hall–Kier alpha value is -1.47. The molecule has 0 aliphatic carbocycles. The zero-order chi connectivity index (χ0) is 17.5. The smallest absolute Gasteiger partial charge is 0.255 e. The molecule has 0 aromatic heterocycles. The first kappa shape index (κ1) is 18.9. The van der Waals surface area contributed by atoms with Gasteiger partial charge in [0.2, 0.25) is 0 Å². The zero-order valence-electron chi connectivity index (χ0n) is 13.6. The van der Waals surface area contributed by atoms with Crippen LogP contribution in [0.2, 0.25) is 5.02 Å². The standard InChI is InChI=1S/C18H19ClINO3/c1-3-9-24-17-15(20)10-12(11-16(17)23-4-2)18(22)21-14-7-5-13(19)6-8-14/h5-8,10-11H,3-4,9H2,1-2H3,(H,21,22). The average Bonchev–Trinajstić information content (AvgIpc) is 2.56. The second-order valence-corrected chi connectivity index (χ2v) is 6.63. The summed E-state index contributed by atoms with van der Waals surface area (Å²) >= 11 is 8.01. The van der Waals surface area contributed by atoms with E-state index in [1.54, 1.807) is 36.4 Å². The van der Waals surface area contributed by atoms with Gasteiger partial charge in [-0.3, -0.25) is 4.79 Å². The predicted octanol–water partition coefficient (Wildman–Crippen LogP) is 5.38. The lowest BCUT2D eigenvalue weighted by atomic mass is 10.1. The molecule has 1 amide bonds. The SMILES string of the molecule is CCCOc1c(I)cc(C(=O)Nc2ccc(Cl)cc2)cc1OCC. The molecule has 6 heteroatoms. The maximum absolute atomic E-state index is 12.5. The van der Waals surface area contributed by atoms with E-state index in [0.29, 0.717) is 41.0 Å². The van der Waals surface area contributed by atoms with Crippen molar-refractivity contribution in [1.82, 2.24) is 0 Å². The van der Waals surface area contributed by atoms with Crippen LogP contribution in [0, 0.1) is 3.57 Å². The lowest BCUT2D eigenvalue weighted by molar-refractivity contribution is 0.102. The van der Waals surface area contributed by atoms with Gasteiger partial charge in [0.1, 0.15) is 0 Å². The van der Waals surface area contributed by atoms with E-state index in [4.69, 9.17) is 21.1 Å². The van der Waals surface area contributed by atoms with Gasteiger partial charge in [-0.15, -0.1) is 0 Å². The summed E-state index contributed by atoms with van der Waals surface area (Å²) in [5, 5.41) is 3.47. The van der Waals surface area contributed by atoms with Gasteiger partial charge in [0.05, 0.1) is 16.8 Å². The van der Waals surface area contributed by atoms with Crippen LogP contribution in [0.4, 0.5) is 5.69 Å². The van der Waals surface area contributed by atoms with Crippen molar-refractivity contribution >= 4 is 45.8 Å². The number of hydrogen-bond donors (Lipinski definition) is 1. The molecule has 0 atom stereocenters. The third-order valence-corrected chi connectivity index (χ3v) is 4.18. The number of amides is 1. The molecule has 2 rings (SSSR count). The third kappa shape index (κ3) is 5.01. The van der Waals surface area contributed by atoms with E-state index in [0.717, 1.165) is 9.99 Å². The van der Waals surface area contributed by atoms with E-state index in [2.05, 4.69) is 27.9 Å². The highest BCUT2D eigenvalue weighted by Crippen LogP contribution is 2.34. The van der Waals surface area contributed by atoms with E-state index in [-0.39, 0.29) is 5.91 Å². The largest absolute Gasteiger partial charge is 0.490 e. The van der Waals surface area contributed by atoms with Gasteiger partial charge in [0.25, 0.3) is 5.91 Å². The maximum Gasteiger partial charge on any atom is 0.255 e. The van der Waals surface area contributed by atoms with Crippen molar-refractivity contribution in [3.8, 4) is 11.5 Å². The molecule has 4 nitrogen and oxygen atoms in total. The first-order chi connectivity index (χ1) is 11.5. The quantitative estimate of drug-likeness (QED) is 0.565. The molecule has 0 spiro atoms. The monoisotopic (exact) mass is 459 g/mol. The van der Waals surface area contributed by atoms with Gasteiger partial charge in [-0.1, -0.05) is 18.5 Å². The van der Waals surface area contributed by atoms with Crippen LogP contribution in [-0.2, 0) is 0 Å². The summed E-state index contributed by atoms with van der Waals surface area (Å²) in [5.41, 5.74) is 1.20. The van der Waals surface area contributed by atoms with Gasteiger partial charge in [0, 0.05) is 16.3 Å². The van der Waals surface area contributed by atoms with Crippen molar-refractivity contribution in [2.75, 3.05) is 18.5 Å². The fourth-order valence-electron chi connectivity index (χ4n) is 2.04. The summed E-state index contributed by atoms with van der Waals surface area (Å²) in [6.07, 6.45) is 0.903. The molecule has 0 bridgehead atoms. The molecule has 0 saturated carbocycles. The highest BCUT2D eigenvalue weighted by Gasteiger charge is 2.16. The molecule has 2 aromatic rings. The van der Waals surface area contributed by atoms with Gasteiger partial charge in [-0.05, 0) is 72.3 Å². The van der Waals surface area contributed by atoms with Crippen LogP contribution < -0.4 is 14.8 Å². The Morgan fingerprint density at radius 3 is 2.50 bits per heavy atom. The molecule has 24 heavy (non-hydrogen) atoms. The van der Waals surface area contributed by atoms with Crippen LogP contribution in [0.25, 0.3) is 0 Å². The fourth-order valence-corrected chi connectivity index (χ4v) is 2.93. The number of ether oxygens (including phenoxy) is 2. The number of carbonyl (C=O) groups is 1. The Bertz CT molecular complexity index is 704. The van der Waals surface area contributed by atoms with Crippen molar-refractivity contribution in [1.29, 1.82) is 0 Å². The number of hydrogen-bond acceptors (Lipinski definition) is 3. The summed E-state index contributed by atoms with van der Waals surface area (Å²) in [5.74, 6) is 1.06. The minimum atomic E-state index is -0.210. The van der Waals surface area contributed by atoms with Crippen LogP contribution in [0.3, 0.4) is 0 Å². The number of carbonyl (C=O) groups excluding carboxylic acids is 1. The Kier molecular flexibility index (Phi) is 7.17. The van der Waals surface area contributed by atoms with Crippen LogP contribution in [0.5, 0.6) is 11.5 Å². The maximum atomic E-state index is 12.5. The molecule has 128 valence electrons. The fraction of sp³-hybridized carbons (Fsp3) is 0.278. The van der Waals surface area contributed by atoms with E-state index >= 15 is 0 Å². The molecule has 0 saturated heterocycles. The van der Waals surface area contributed by atoms with E-state index < -0.39 is 0 Å². The Labute approximate surface area is 160 Å². The van der Waals surface area contributed by atoms with Crippen molar-refractivity contribution < 1.29 is 14.3 Å². The average molecular weight is 460 g/mol. The Balaban J connectivity index is 2.25. The summed E-state index contributed by atoms with van der Waals surface area (Å²) in [6, 6.07) is 10.5. The Morgan fingerprint density at radius 1 is 1.17 bits per heavy atom. The molecule has 0 heterocycles. The number of anilines is 1. The molecule has 0 aliphatic heterocycles. The van der Waals surface area contributed by atoms with E-state index in [1.165, 1.54) is 0 Å². The van der Waals surface area contributed by atoms with Crippen molar-refractivity contribution in [3.05, 3.63) is 50.6 Å². The second kappa shape index (κ2) is 9.13. The van der Waals surface area contributed by atoms with Gasteiger partial charge in [-0.2, -0.15) is 0 Å². The Morgan fingerprint density at radius 2 is 1.88 bits per heavy atom. The predicted molar refractivity (Wildman–Crippen MR) is 106 cm³/mol. The van der Waals surface area contributed by atoms with Crippen molar-refractivity contribution in [3.63, 3.8) is 0 Å². The minimum Gasteiger partial charge on any atom is -0.490 e. The normalized spacial score (nSPS) is 10.3. The molecule has 0 fully saturated rings. The minimum absolute atomic E-state index is 0.210. The topological polar surface area (TPSA) is 47.6 Å². The first-order valence-corrected chi connectivity index (χ1v) is 9.16. The van der Waals surface area contributed by atoms with Gasteiger partial charge < -0.3 is 14.8 Å². The van der Waals surface area contributed by atoms with E-state index in [1.807, 2.05) is 13.8 Å². The first-order valence-electron chi connectivity index (χ1n) is 7.71. The van der Waals surface area contributed by atoms with E-state index in [9.17, 15) is 4.79 Å². The number of rotatable bonds is 7. The lowest BCUT2D eigenvalue weighted by Gasteiger charge is -2.15. The summed E-state index contributed by atoms with van der Waals surface area (Å²) in [6.45, 7) is 5.05. The highest BCUT2D eigenvalue weighted by atomic mass is 127. The van der Waals surface area contributed by atoms with Crippen LogP contribution in [-0.4, -0.2) is 19.1 Å². The van der Waals surface area contributed by atoms with Crippen LogP contribution >= 0.6 is 34.2 Å². The molecule has 1 N–H and O–H groups in total. The molecule has 2 aromatic carbocycles. The van der Waals surface area contributed by atoms with Crippen molar-refractivity contribution in [2.24, 2.45) is 0 Å². The number of benzene rings is 2. The summed E-state index contributed by atoms with van der Waals surface area (Å²) < 4.78 is 12.2. The summed E-state index contributed by atoms with van der Waals surface area (Å²) in [7, 11) is 0. The molecule has 0 aliphatic rings. The number of nitrogens with one attached hydrogen (secondary N) is 1. The van der Waals surface area contributed by atoms with Gasteiger partial charge in [-0.25, -0.2) is 0 Å². The van der Waals surface area contributed by atoms with Gasteiger partial charge >= 0.3 is 0 Å².